The van der Waals surface area contributed by atoms with E-state index in [-0.39, 0.29) is 23.6 Å². The molecule has 1 amide bonds. The van der Waals surface area contributed by atoms with Crippen molar-refractivity contribution in [3.05, 3.63) is 33.9 Å². The maximum atomic E-state index is 12.9. The van der Waals surface area contributed by atoms with Gasteiger partial charge in [0.25, 0.3) is 11.5 Å². The van der Waals surface area contributed by atoms with Crippen LogP contribution in [0, 0.1) is 0 Å². The number of carbonyl (C=O) groups is 1. The van der Waals surface area contributed by atoms with E-state index in [1.807, 2.05) is 17.9 Å². The molecule has 2 aliphatic rings. The van der Waals surface area contributed by atoms with E-state index in [0.29, 0.717) is 12.3 Å². The summed E-state index contributed by atoms with van der Waals surface area (Å²) in [6.07, 6.45) is 5.12. The van der Waals surface area contributed by atoms with Gasteiger partial charge in [-0.3, -0.25) is 14.7 Å². The average Bonchev–Trinajstić information content (AvgIpc) is 3.31. The Morgan fingerprint density at radius 3 is 2.96 bits per heavy atom. The Kier molecular flexibility index (Phi) is 4.33. The second-order valence-electron chi connectivity index (χ2n) is 6.89. The topological polar surface area (TPSA) is 79.7 Å². The number of carbonyl (C=O) groups excluding carboxylic acids is 1. The van der Waals surface area contributed by atoms with Crippen molar-refractivity contribution in [2.75, 3.05) is 13.2 Å². The Labute approximate surface area is 146 Å². The molecule has 7 heteroatoms. The lowest BCUT2D eigenvalue weighted by molar-refractivity contribution is -0.145. The first-order valence-electron chi connectivity index (χ1n) is 9.21. The monoisotopic (exact) mass is 344 g/mol. The van der Waals surface area contributed by atoms with Crippen LogP contribution >= 0.6 is 0 Å². The number of hydrogen-bond donors (Lipinski definition) is 1. The van der Waals surface area contributed by atoms with E-state index in [1.54, 1.807) is 6.07 Å². The highest BCUT2D eigenvalue weighted by atomic mass is 16.5. The number of amides is 1. The van der Waals surface area contributed by atoms with Crippen molar-refractivity contribution in [3.8, 4) is 0 Å². The van der Waals surface area contributed by atoms with E-state index < -0.39 is 0 Å². The van der Waals surface area contributed by atoms with Gasteiger partial charge in [0.05, 0.1) is 11.7 Å². The summed E-state index contributed by atoms with van der Waals surface area (Å²) in [6.45, 7) is 3.39. The van der Waals surface area contributed by atoms with E-state index in [1.165, 1.54) is 4.52 Å². The molecular weight excluding hydrogens is 320 g/mol. The minimum Gasteiger partial charge on any atom is -0.368 e. The van der Waals surface area contributed by atoms with Crippen LogP contribution in [0.2, 0.25) is 0 Å². The molecular formula is C18H24N4O3. The lowest BCUT2D eigenvalue weighted by atomic mass is 9.98. The molecule has 2 aromatic heterocycles. The van der Waals surface area contributed by atoms with Crippen LogP contribution in [0.15, 0.2) is 16.9 Å². The summed E-state index contributed by atoms with van der Waals surface area (Å²) in [6, 6.07) is 3.42. The van der Waals surface area contributed by atoms with E-state index in [4.69, 9.17) is 4.74 Å². The van der Waals surface area contributed by atoms with Gasteiger partial charge in [0.2, 0.25) is 0 Å². The summed E-state index contributed by atoms with van der Waals surface area (Å²) in [5, 5.41) is 3.17. The molecule has 2 atom stereocenters. The van der Waals surface area contributed by atoms with Gasteiger partial charge in [-0.15, -0.1) is 0 Å². The molecule has 2 aromatic rings. The molecule has 4 rings (SSSR count). The molecule has 1 N–H and O–H groups in total. The summed E-state index contributed by atoms with van der Waals surface area (Å²) in [5.41, 5.74) is 2.17. The quantitative estimate of drug-likeness (QED) is 0.921. The van der Waals surface area contributed by atoms with Crippen molar-refractivity contribution in [1.29, 1.82) is 0 Å². The van der Waals surface area contributed by atoms with E-state index in [2.05, 4.69) is 10.1 Å². The van der Waals surface area contributed by atoms with Crippen LogP contribution in [-0.4, -0.2) is 44.7 Å². The van der Waals surface area contributed by atoms with Crippen LogP contribution in [0.3, 0.4) is 0 Å². The van der Waals surface area contributed by atoms with Crippen molar-refractivity contribution in [2.45, 2.75) is 57.6 Å². The lowest BCUT2D eigenvalue weighted by Gasteiger charge is -2.36. The third-order valence-electron chi connectivity index (χ3n) is 5.24. The molecule has 7 nitrogen and oxygen atoms in total. The highest BCUT2D eigenvalue weighted by molar-refractivity contribution is 5.81. The number of aryl methyl sites for hydroxylation is 1. The molecule has 2 unspecified atom stereocenters. The van der Waals surface area contributed by atoms with Gasteiger partial charge in [-0.2, -0.15) is 0 Å². The van der Waals surface area contributed by atoms with Gasteiger partial charge in [-0.1, -0.05) is 6.92 Å². The van der Waals surface area contributed by atoms with Crippen LogP contribution in [-0.2, 0) is 16.0 Å². The summed E-state index contributed by atoms with van der Waals surface area (Å²) in [4.78, 5) is 31.6. The molecule has 0 aliphatic carbocycles. The Hall–Kier alpha value is -2.15. The average molecular weight is 344 g/mol. The highest BCUT2D eigenvalue weighted by Gasteiger charge is 2.35. The van der Waals surface area contributed by atoms with Gasteiger partial charge in [-0.05, 0) is 38.5 Å². The number of piperidine rings is 1. The predicted molar refractivity (Wildman–Crippen MR) is 92.5 cm³/mol. The molecule has 2 saturated heterocycles. The lowest BCUT2D eigenvalue weighted by Crippen LogP contribution is -2.44. The second kappa shape index (κ2) is 6.63. The number of ether oxygens (including phenoxy) is 1. The maximum absolute atomic E-state index is 12.9. The first-order chi connectivity index (χ1) is 12.2. The number of likely N-dealkylation sites (tertiary alicyclic amines) is 1. The fraction of sp³-hybridized carbons (Fsp3) is 0.611. The third kappa shape index (κ3) is 2.97. The number of fused-ring (bicyclic) bond motifs is 1. The zero-order valence-electron chi connectivity index (χ0n) is 14.5. The third-order valence-corrected chi connectivity index (χ3v) is 5.24. The number of nitrogens with zero attached hydrogens (tertiary/aromatic N) is 3. The van der Waals surface area contributed by atoms with Crippen molar-refractivity contribution in [3.63, 3.8) is 0 Å². The molecule has 0 radical (unpaired) electrons. The Balaban J connectivity index is 1.68. The van der Waals surface area contributed by atoms with Crippen molar-refractivity contribution < 1.29 is 9.53 Å². The van der Waals surface area contributed by atoms with Crippen LogP contribution < -0.4 is 5.56 Å². The predicted octanol–water partition coefficient (Wildman–Crippen LogP) is 1.82. The van der Waals surface area contributed by atoms with Gasteiger partial charge >= 0.3 is 0 Å². The normalized spacial score (nSPS) is 24.1. The molecule has 2 aliphatic heterocycles. The molecule has 0 spiro atoms. The fourth-order valence-corrected chi connectivity index (χ4v) is 3.89. The summed E-state index contributed by atoms with van der Waals surface area (Å²) < 4.78 is 7.06. The molecule has 0 saturated carbocycles. The van der Waals surface area contributed by atoms with Crippen molar-refractivity contribution >= 4 is 11.6 Å². The SMILES string of the molecule is CCc1cc(=O)n2[nH]c(C3CCCCN3C(=O)C3CCCO3)cc2n1. The van der Waals surface area contributed by atoms with Gasteiger partial charge in [-0.25, -0.2) is 9.50 Å². The molecule has 134 valence electrons. The van der Waals surface area contributed by atoms with Crippen LogP contribution in [0.1, 0.15) is 56.5 Å². The number of hydrogen-bond acceptors (Lipinski definition) is 4. The first-order valence-corrected chi connectivity index (χ1v) is 9.21. The Morgan fingerprint density at radius 1 is 1.32 bits per heavy atom. The molecule has 4 heterocycles. The van der Waals surface area contributed by atoms with E-state index >= 15 is 0 Å². The maximum Gasteiger partial charge on any atom is 0.272 e. The Morgan fingerprint density at radius 2 is 2.20 bits per heavy atom. The minimum absolute atomic E-state index is 0.0448. The zero-order valence-corrected chi connectivity index (χ0v) is 14.5. The Bertz CT molecular complexity index is 834. The summed E-state index contributed by atoms with van der Waals surface area (Å²) in [7, 11) is 0. The number of rotatable bonds is 3. The van der Waals surface area contributed by atoms with E-state index in [9.17, 15) is 9.59 Å². The smallest absolute Gasteiger partial charge is 0.272 e. The van der Waals surface area contributed by atoms with Crippen molar-refractivity contribution in [2.24, 2.45) is 0 Å². The largest absolute Gasteiger partial charge is 0.368 e. The van der Waals surface area contributed by atoms with E-state index in [0.717, 1.165) is 56.5 Å². The van der Waals surface area contributed by atoms with Gasteiger partial charge in [0, 0.05) is 31.0 Å². The summed E-state index contributed by atoms with van der Waals surface area (Å²) in [5.74, 6) is 0.0791. The van der Waals surface area contributed by atoms with Gasteiger partial charge in [0.1, 0.15) is 6.10 Å². The minimum atomic E-state index is -0.308. The van der Waals surface area contributed by atoms with Gasteiger partial charge in [0.15, 0.2) is 5.65 Å². The van der Waals surface area contributed by atoms with Crippen LogP contribution in [0.4, 0.5) is 0 Å². The molecule has 2 fully saturated rings. The highest BCUT2D eigenvalue weighted by Crippen LogP contribution is 2.32. The standard InChI is InChI=1S/C18H24N4O3/c1-2-12-10-17(23)22-16(19-12)11-13(20-22)14-6-3-4-8-21(14)18(24)15-7-5-9-25-15/h10-11,14-15,20H,2-9H2,1H3. The first kappa shape index (κ1) is 16.3. The number of nitrogens with one attached hydrogen (secondary N) is 1. The van der Waals surface area contributed by atoms with Crippen molar-refractivity contribution in [1.82, 2.24) is 19.5 Å². The molecule has 25 heavy (non-hydrogen) atoms. The number of aromatic nitrogens is 3. The number of aromatic amines is 1. The number of H-pyrrole nitrogens is 1. The second-order valence-corrected chi connectivity index (χ2v) is 6.89. The zero-order chi connectivity index (χ0) is 17.4. The van der Waals surface area contributed by atoms with Crippen LogP contribution in [0.5, 0.6) is 0 Å². The molecule has 0 aromatic carbocycles. The fourth-order valence-electron chi connectivity index (χ4n) is 3.89. The summed E-state index contributed by atoms with van der Waals surface area (Å²) >= 11 is 0. The van der Waals surface area contributed by atoms with Crippen LogP contribution in [0.25, 0.3) is 5.65 Å². The molecule has 0 bridgehead atoms. The van der Waals surface area contributed by atoms with Gasteiger partial charge < -0.3 is 9.64 Å².